The van der Waals surface area contributed by atoms with E-state index in [4.69, 9.17) is 18.9 Å². The molecule has 2 rings (SSSR count). The number of hydrogen-bond donors (Lipinski definition) is 2. The molecule has 2 aromatic carbocycles. The van der Waals surface area contributed by atoms with E-state index in [1.54, 1.807) is 40.5 Å². The Hall–Kier alpha value is -3.35. The van der Waals surface area contributed by atoms with Gasteiger partial charge in [-0.25, -0.2) is 0 Å². The van der Waals surface area contributed by atoms with Crippen LogP contribution in [0.4, 0.5) is 0 Å². The van der Waals surface area contributed by atoms with Crippen LogP contribution in [-0.2, 0) is 13.1 Å². The van der Waals surface area contributed by atoms with Gasteiger partial charge in [0.25, 0.3) is 0 Å². The van der Waals surface area contributed by atoms with Crippen molar-refractivity contribution in [3.8, 4) is 23.0 Å². The molecule has 0 atom stereocenters. The van der Waals surface area contributed by atoms with Crippen molar-refractivity contribution in [2.75, 3.05) is 35.0 Å². The van der Waals surface area contributed by atoms with E-state index in [0.29, 0.717) is 42.9 Å². The highest BCUT2D eigenvalue weighted by atomic mass is 16.5. The standard InChI is InChI=1S/C22H29N3O4/c1-6-11-29-18-10-8-7-9-16(18)14-24-22(23-2)25-15-17-12-20(27-4)21(28-5)13-19(17)26-3/h6-10,12-13H,1,11,14-15H2,2-5H3,(H2,23,24,25). The van der Waals surface area contributed by atoms with E-state index in [1.807, 2.05) is 30.3 Å². The summed E-state index contributed by atoms with van der Waals surface area (Å²) in [6.45, 7) is 5.21. The normalized spacial score (nSPS) is 10.8. The summed E-state index contributed by atoms with van der Waals surface area (Å²) in [5.74, 6) is 3.43. The van der Waals surface area contributed by atoms with Gasteiger partial charge in [-0.3, -0.25) is 4.99 Å². The maximum absolute atomic E-state index is 5.70. The lowest BCUT2D eigenvalue weighted by molar-refractivity contribution is 0.347. The maximum Gasteiger partial charge on any atom is 0.191 e. The van der Waals surface area contributed by atoms with Crippen LogP contribution < -0.4 is 29.6 Å². The number of nitrogens with zero attached hydrogens (tertiary/aromatic N) is 1. The smallest absolute Gasteiger partial charge is 0.191 e. The third-order valence-electron chi connectivity index (χ3n) is 4.23. The summed E-state index contributed by atoms with van der Waals surface area (Å²) in [6.07, 6.45) is 1.72. The molecule has 0 aliphatic carbocycles. The van der Waals surface area contributed by atoms with Crippen LogP contribution >= 0.6 is 0 Å². The Kier molecular flexibility index (Phi) is 8.69. The van der Waals surface area contributed by atoms with Crippen molar-refractivity contribution >= 4 is 5.96 Å². The van der Waals surface area contributed by atoms with Gasteiger partial charge in [-0.1, -0.05) is 30.9 Å². The molecule has 0 bridgehead atoms. The van der Waals surface area contributed by atoms with Crippen molar-refractivity contribution in [2.45, 2.75) is 13.1 Å². The van der Waals surface area contributed by atoms with Crippen molar-refractivity contribution in [3.05, 3.63) is 60.2 Å². The van der Waals surface area contributed by atoms with E-state index in [1.165, 1.54) is 0 Å². The first-order valence-corrected chi connectivity index (χ1v) is 9.21. The second-order valence-corrected chi connectivity index (χ2v) is 6.01. The molecule has 7 heteroatoms. The Labute approximate surface area is 172 Å². The zero-order chi connectivity index (χ0) is 21.1. The average molecular weight is 399 g/mol. The van der Waals surface area contributed by atoms with Crippen molar-refractivity contribution in [1.82, 2.24) is 10.6 Å². The van der Waals surface area contributed by atoms with Gasteiger partial charge >= 0.3 is 0 Å². The minimum atomic E-state index is 0.461. The second-order valence-electron chi connectivity index (χ2n) is 6.01. The number of benzene rings is 2. The highest BCUT2D eigenvalue weighted by Crippen LogP contribution is 2.34. The summed E-state index contributed by atoms with van der Waals surface area (Å²) in [6, 6.07) is 11.6. The number of guanidine groups is 1. The molecule has 0 spiro atoms. The average Bonchev–Trinajstić information content (AvgIpc) is 2.77. The summed E-state index contributed by atoms with van der Waals surface area (Å²) in [5.41, 5.74) is 1.95. The molecule has 0 radical (unpaired) electrons. The zero-order valence-electron chi connectivity index (χ0n) is 17.5. The Bertz CT molecular complexity index is 837. The molecule has 0 aromatic heterocycles. The number of methoxy groups -OCH3 is 3. The minimum Gasteiger partial charge on any atom is -0.496 e. The van der Waals surface area contributed by atoms with Gasteiger partial charge < -0.3 is 29.6 Å². The van der Waals surface area contributed by atoms with Crippen LogP contribution in [0.15, 0.2) is 54.0 Å². The molecule has 0 amide bonds. The summed E-state index contributed by atoms with van der Waals surface area (Å²) < 4.78 is 21.9. The first-order chi connectivity index (χ1) is 14.2. The maximum atomic E-state index is 5.70. The van der Waals surface area contributed by atoms with Gasteiger partial charge in [-0.15, -0.1) is 0 Å². The third-order valence-corrected chi connectivity index (χ3v) is 4.23. The van der Waals surface area contributed by atoms with Crippen molar-refractivity contribution in [1.29, 1.82) is 0 Å². The van der Waals surface area contributed by atoms with Gasteiger partial charge in [0.2, 0.25) is 0 Å². The summed E-state index contributed by atoms with van der Waals surface area (Å²) in [7, 11) is 6.55. The number of nitrogens with one attached hydrogen (secondary N) is 2. The molecular formula is C22H29N3O4. The van der Waals surface area contributed by atoms with E-state index in [2.05, 4.69) is 22.2 Å². The van der Waals surface area contributed by atoms with E-state index >= 15 is 0 Å². The minimum absolute atomic E-state index is 0.461. The predicted molar refractivity (Wildman–Crippen MR) is 115 cm³/mol. The van der Waals surface area contributed by atoms with Gasteiger partial charge in [-0.2, -0.15) is 0 Å². The second kappa shape index (κ2) is 11.5. The molecule has 0 unspecified atom stereocenters. The molecule has 0 saturated carbocycles. The fourth-order valence-electron chi connectivity index (χ4n) is 2.75. The molecule has 156 valence electrons. The van der Waals surface area contributed by atoms with Crippen molar-refractivity contribution in [3.63, 3.8) is 0 Å². The molecule has 0 saturated heterocycles. The Morgan fingerprint density at radius 2 is 1.52 bits per heavy atom. The fourth-order valence-corrected chi connectivity index (χ4v) is 2.75. The number of para-hydroxylation sites is 1. The molecular weight excluding hydrogens is 370 g/mol. The van der Waals surface area contributed by atoms with Crippen LogP contribution in [0.1, 0.15) is 11.1 Å². The first kappa shape index (κ1) is 21.9. The van der Waals surface area contributed by atoms with Gasteiger partial charge in [0.1, 0.15) is 18.1 Å². The molecule has 2 aromatic rings. The van der Waals surface area contributed by atoms with E-state index in [-0.39, 0.29) is 0 Å². The lowest BCUT2D eigenvalue weighted by atomic mass is 10.1. The molecule has 7 nitrogen and oxygen atoms in total. The van der Waals surface area contributed by atoms with Crippen molar-refractivity contribution < 1.29 is 18.9 Å². The van der Waals surface area contributed by atoms with E-state index in [9.17, 15) is 0 Å². The van der Waals surface area contributed by atoms with Gasteiger partial charge in [-0.05, 0) is 12.1 Å². The van der Waals surface area contributed by atoms with Crippen molar-refractivity contribution in [2.24, 2.45) is 4.99 Å². The third kappa shape index (κ3) is 6.07. The summed E-state index contributed by atoms with van der Waals surface area (Å²) in [5, 5.41) is 6.59. The summed E-state index contributed by atoms with van der Waals surface area (Å²) >= 11 is 0. The van der Waals surface area contributed by atoms with Crippen LogP contribution in [0, 0.1) is 0 Å². The molecule has 2 N–H and O–H groups in total. The fraction of sp³-hybridized carbons (Fsp3) is 0.318. The quantitative estimate of drug-likeness (QED) is 0.363. The van der Waals surface area contributed by atoms with Gasteiger partial charge in [0, 0.05) is 37.3 Å². The topological polar surface area (TPSA) is 73.3 Å². The van der Waals surface area contributed by atoms with Crippen LogP contribution in [0.2, 0.25) is 0 Å². The lowest BCUT2D eigenvalue weighted by Crippen LogP contribution is -2.36. The number of hydrogen-bond acceptors (Lipinski definition) is 5. The molecule has 0 heterocycles. The van der Waals surface area contributed by atoms with E-state index < -0.39 is 0 Å². The Balaban J connectivity index is 2.04. The molecule has 0 fully saturated rings. The lowest BCUT2D eigenvalue weighted by Gasteiger charge is -2.17. The van der Waals surface area contributed by atoms with E-state index in [0.717, 1.165) is 16.9 Å². The highest BCUT2D eigenvalue weighted by molar-refractivity contribution is 5.79. The largest absolute Gasteiger partial charge is 0.496 e. The SMILES string of the molecule is C=CCOc1ccccc1CNC(=NC)NCc1cc(OC)c(OC)cc1OC. The first-order valence-electron chi connectivity index (χ1n) is 9.21. The van der Waals surface area contributed by atoms with Crippen LogP contribution in [0.5, 0.6) is 23.0 Å². The number of ether oxygens (including phenoxy) is 4. The molecule has 29 heavy (non-hydrogen) atoms. The molecule has 0 aliphatic heterocycles. The number of aliphatic imine (C=N–C) groups is 1. The van der Waals surface area contributed by atoms with Gasteiger partial charge in [0.15, 0.2) is 17.5 Å². The zero-order valence-corrected chi connectivity index (χ0v) is 17.5. The summed E-state index contributed by atoms with van der Waals surface area (Å²) in [4.78, 5) is 4.28. The van der Waals surface area contributed by atoms with Crippen LogP contribution in [0.3, 0.4) is 0 Å². The molecule has 0 aliphatic rings. The number of rotatable bonds is 10. The van der Waals surface area contributed by atoms with Crippen LogP contribution in [-0.4, -0.2) is 40.9 Å². The Morgan fingerprint density at radius 1 is 0.897 bits per heavy atom. The monoisotopic (exact) mass is 399 g/mol. The van der Waals surface area contributed by atoms with Gasteiger partial charge in [0.05, 0.1) is 21.3 Å². The van der Waals surface area contributed by atoms with Crippen LogP contribution in [0.25, 0.3) is 0 Å². The Morgan fingerprint density at radius 3 is 2.14 bits per heavy atom. The highest BCUT2D eigenvalue weighted by Gasteiger charge is 2.12. The predicted octanol–water partition coefficient (Wildman–Crippen LogP) is 3.14.